The topological polar surface area (TPSA) is 24.8 Å². The number of hydrogen-bond donors (Lipinski definition) is 0. The van der Waals surface area contributed by atoms with Gasteiger partial charge in [-0.3, -0.25) is 9.89 Å². The van der Waals surface area contributed by atoms with E-state index < -0.39 is 0 Å². The summed E-state index contributed by atoms with van der Waals surface area (Å²) in [4.78, 5) is 5.96. The van der Waals surface area contributed by atoms with E-state index in [1.165, 1.54) is 0 Å². The third-order valence-corrected chi connectivity index (χ3v) is 1.77. The largest absolute Gasteiger partial charge is 0.446 e. The predicted molar refractivity (Wildman–Crippen MR) is 35.7 cm³/mol. The van der Waals surface area contributed by atoms with Gasteiger partial charge in [-0.2, -0.15) is 0 Å². The Morgan fingerprint density at radius 1 is 1.50 bits per heavy atom. The highest BCUT2D eigenvalue weighted by Crippen LogP contribution is 2.40. The molecular weight excluding hydrogens is 128 g/mol. The summed E-state index contributed by atoms with van der Waals surface area (Å²) in [6.07, 6.45) is 7.21. The number of ether oxygens (including phenoxy) is 1. The third kappa shape index (κ3) is 0.279. The summed E-state index contributed by atoms with van der Waals surface area (Å²) in [6.45, 7) is 0. The number of nitrogens with zero attached hydrogens (tertiary/aromatic N) is 2. The number of allylic oxidation sites excluding steroid dienone is 1. The van der Waals surface area contributed by atoms with E-state index in [-0.39, 0.29) is 0 Å². The summed E-state index contributed by atoms with van der Waals surface area (Å²) in [7, 11) is 0. The molecule has 3 nitrogen and oxygen atoms in total. The maximum Gasteiger partial charge on any atom is 0.214 e. The molecule has 0 aromatic carbocycles. The summed E-state index contributed by atoms with van der Waals surface area (Å²) in [5.74, 6) is 0.910. The van der Waals surface area contributed by atoms with Crippen LogP contribution in [-0.2, 0) is 4.74 Å². The Labute approximate surface area is 57.6 Å². The van der Waals surface area contributed by atoms with Gasteiger partial charge in [-0.1, -0.05) is 0 Å². The maximum atomic E-state index is 5.16. The highest BCUT2D eigenvalue weighted by Gasteiger charge is 2.36. The standard InChI is InChI=1S/C7H4N2O/c1-2-10-7-5-3-8-4-6(5)9(1)7/h1-4H. The quantitative estimate of drug-likeness (QED) is 0.490. The van der Waals surface area contributed by atoms with Crippen LogP contribution in [0.5, 0.6) is 0 Å². The first-order valence-corrected chi connectivity index (χ1v) is 3.07. The Bertz CT molecular complexity index is 322. The van der Waals surface area contributed by atoms with Gasteiger partial charge in [0.2, 0.25) is 5.88 Å². The van der Waals surface area contributed by atoms with E-state index in [0.29, 0.717) is 0 Å². The van der Waals surface area contributed by atoms with Gasteiger partial charge in [0.1, 0.15) is 6.26 Å². The molecule has 3 heterocycles. The second kappa shape index (κ2) is 1.16. The fourth-order valence-corrected chi connectivity index (χ4v) is 1.29. The van der Waals surface area contributed by atoms with Gasteiger partial charge in [0.05, 0.1) is 17.5 Å². The van der Waals surface area contributed by atoms with Crippen molar-refractivity contribution in [2.45, 2.75) is 0 Å². The van der Waals surface area contributed by atoms with Gasteiger partial charge >= 0.3 is 0 Å². The van der Waals surface area contributed by atoms with Crippen LogP contribution in [0.4, 0.5) is 0 Å². The molecule has 0 aromatic rings. The van der Waals surface area contributed by atoms with E-state index >= 15 is 0 Å². The molecule has 0 radical (unpaired) electrons. The van der Waals surface area contributed by atoms with E-state index in [1.54, 1.807) is 6.26 Å². The summed E-state index contributed by atoms with van der Waals surface area (Å²) in [6, 6.07) is 0. The Morgan fingerprint density at radius 3 is 3.50 bits per heavy atom. The van der Waals surface area contributed by atoms with Crippen LogP contribution in [0.25, 0.3) is 0 Å². The summed E-state index contributed by atoms with van der Waals surface area (Å²) < 4.78 is 5.16. The molecule has 0 amide bonds. The van der Waals surface area contributed by atoms with Crippen LogP contribution in [0.1, 0.15) is 0 Å². The Kier molecular flexibility index (Phi) is 0.502. The minimum absolute atomic E-state index is 0.910. The highest BCUT2D eigenvalue weighted by molar-refractivity contribution is 5.91. The van der Waals surface area contributed by atoms with Crippen molar-refractivity contribution in [3.8, 4) is 0 Å². The van der Waals surface area contributed by atoms with Crippen molar-refractivity contribution in [3.05, 3.63) is 35.8 Å². The van der Waals surface area contributed by atoms with Gasteiger partial charge in [-0.15, -0.1) is 0 Å². The molecule has 0 saturated heterocycles. The third-order valence-electron chi connectivity index (χ3n) is 1.77. The normalized spacial score (nSPS) is 24.0. The van der Waals surface area contributed by atoms with Gasteiger partial charge in [-0.05, 0) is 0 Å². The van der Waals surface area contributed by atoms with E-state index in [0.717, 1.165) is 17.2 Å². The van der Waals surface area contributed by atoms with E-state index in [9.17, 15) is 0 Å². The lowest BCUT2D eigenvalue weighted by Gasteiger charge is -2.28. The molecule has 10 heavy (non-hydrogen) atoms. The second-order valence-electron chi connectivity index (χ2n) is 2.28. The molecule has 3 rings (SSSR count). The lowest BCUT2D eigenvalue weighted by molar-refractivity contribution is 0.272. The van der Waals surface area contributed by atoms with Gasteiger partial charge < -0.3 is 4.74 Å². The fourth-order valence-electron chi connectivity index (χ4n) is 1.29. The summed E-state index contributed by atoms with van der Waals surface area (Å²) in [5.41, 5.74) is 2.26. The first kappa shape index (κ1) is 4.33. The SMILES string of the molecule is C1=CN2C3=CN=CC3=C2O1. The maximum absolute atomic E-state index is 5.16. The van der Waals surface area contributed by atoms with E-state index in [2.05, 4.69) is 4.99 Å². The molecule has 48 valence electrons. The molecule has 0 fully saturated rings. The molecule has 0 unspecified atom stereocenters. The zero-order chi connectivity index (χ0) is 6.55. The zero-order valence-electron chi connectivity index (χ0n) is 5.11. The smallest absolute Gasteiger partial charge is 0.214 e. The molecule has 0 atom stereocenters. The number of rotatable bonds is 0. The first-order valence-electron chi connectivity index (χ1n) is 3.07. The van der Waals surface area contributed by atoms with Crippen molar-refractivity contribution < 1.29 is 4.74 Å². The first-order chi connectivity index (χ1) is 4.97. The molecule has 3 aliphatic rings. The van der Waals surface area contributed by atoms with Crippen LogP contribution in [0.15, 0.2) is 40.8 Å². The molecule has 3 heteroatoms. The molecule has 0 spiro atoms. The number of aliphatic imine (C=N–C) groups is 1. The molecule has 0 aliphatic carbocycles. The Balaban J connectivity index is 2.25. The van der Waals surface area contributed by atoms with Crippen LogP contribution in [0.3, 0.4) is 0 Å². The predicted octanol–water partition coefficient (Wildman–Crippen LogP) is 0.941. The minimum Gasteiger partial charge on any atom is -0.446 e. The van der Waals surface area contributed by atoms with Crippen molar-refractivity contribution in [2.75, 3.05) is 0 Å². The summed E-state index contributed by atoms with van der Waals surface area (Å²) in [5, 5.41) is 0. The second-order valence-corrected chi connectivity index (χ2v) is 2.28. The summed E-state index contributed by atoms with van der Waals surface area (Å²) >= 11 is 0. The molecular formula is C7H4N2O. The van der Waals surface area contributed by atoms with Crippen molar-refractivity contribution in [1.82, 2.24) is 4.90 Å². The average molecular weight is 132 g/mol. The molecule has 0 bridgehead atoms. The highest BCUT2D eigenvalue weighted by atomic mass is 16.5. The molecule has 3 aliphatic heterocycles. The number of hydrogen-bond acceptors (Lipinski definition) is 3. The lowest BCUT2D eigenvalue weighted by atomic mass is 10.1. The Hall–Kier alpha value is -1.51. The van der Waals surface area contributed by atoms with Gasteiger partial charge in [-0.25, -0.2) is 0 Å². The van der Waals surface area contributed by atoms with Crippen LogP contribution < -0.4 is 0 Å². The van der Waals surface area contributed by atoms with Gasteiger partial charge in [0.25, 0.3) is 0 Å². The monoisotopic (exact) mass is 132 g/mol. The minimum atomic E-state index is 0.910. The van der Waals surface area contributed by atoms with Crippen LogP contribution >= 0.6 is 0 Å². The van der Waals surface area contributed by atoms with Crippen molar-refractivity contribution in [3.63, 3.8) is 0 Å². The van der Waals surface area contributed by atoms with Crippen molar-refractivity contribution >= 4 is 6.21 Å². The van der Waals surface area contributed by atoms with E-state index in [4.69, 9.17) is 4.74 Å². The van der Waals surface area contributed by atoms with Gasteiger partial charge in [0, 0.05) is 12.4 Å². The Morgan fingerprint density at radius 2 is 2.50 bits per heavy atom. The van der Waals surface area contributed by atoms with Crippen LogP contribution in [0.2, 0.25) is 0 Å². The van der Waals surface area contributed by atoms with E-state index in [1.807, 2.05) is 23.5 Å². The lowest BCUT2D eigenvalue weighted by Crippen LogP contribution is -2.26. The van der Waals surface area contributed by atoms with Crippen molar-refractivity contribution in [1.29, 1.82) is 0 Å². The molecule has 0 aromatic heterocycles. The van der Waals surface area contributed by atoms with Gasteiger partial charge in [0.15, 0.2) is 0 Å². The molecule has 0 N–H and O–H groups in total. The van der Waals surface area contributed by atoms with Crippen molar-refractivity contribution in [2.24, 2.45) is 4.99 Å². The number of fused-ring (bicyclic) bond motifs is 3. The fraction of sp³-hybridized carbons (Fsp3) is 0. The zero-order valence-corrected chi connectivity index (χ0v) is 5.11. The van der Waals surface area contributed by atoms with Crippen LogP contribution in [-0.4, -0.2) is 11.1 Å². The average Bonchev–Trinajstić information content (AvgIpc) is 2.42. The molecule has 0 saturated carbocycles. The van der Waals surface area contributed by atoms with Crippen LogP contribution in [0, 0.1) is 0 Å².